The molecule has 6 nitrogen and oxygen atoms in total. The van der Waals surface area contributed by atoms with E-state index in [0.29, 0.717) is 18.6 Å². The van der Waals surface area contributed by atoms with Crippen molar-refractivity contribution >= 4 is 11.9 Å². The summed E-state index contributed by atoms with van der Waals surface area (Å²) in [4.78, 5) is 25.5. The third-order valence-electron chi connectivity index (χ3n) is 4.82. The minimum absolute atomic E-state index is 0.151. The van der Waals surface area contributed by atoms with E-state index in [1.807, 2.05) is 31.2 Å². The van der Waals surface area contributed by atoms with Crippen molar-refractivity contribution in [2.75, 3.05) is 26.8 Å². The summed E-state index contributed by atoms with van der Waals surface area (Å²) in [5.41, 5.74) is 2.71. The Balaban J connectivity index is 1.95. The largest absolute Gasteiger partial charge is 0.508 e. The van der Waals surface area contributed by atoms with Crippen LogP contribution in [-0.4, -0.2) is 48.8 Å². The van der Waals surface area contributed by atoms with Gasteiger partial charge in [-0.15, -0.1) is 0 Å². The zero-order valence-corrected chi connectivity index (χ0v) is 17.8. The van der Waals surface area contributed by atoms with Crippen LogP contribution < -0.4 is 0 Å². The van der Waals surface area contributed by atoms with Crippen molar-refractivity contribution in [1.29, 1.82) is 0 Å². The SMILES string of the molecule is CCOC(=O)CCCCN(CCc1cccc(O)c1)Cc1ccc(C(=O)OC)cc1. The van der Waals surface area contributed by atoms with Crippen LogP contribution in [-0.2, 0) is 27.2 Å². The second-order valence-electron chi connectivity index (χ2n) is 7.15. The number of benzene rings is 2. The minimum Gasteiger partial charge on any atom is -0.508 e. The van der Waals surface area contributed by atoms with Crippen molar-refractivity contribution in [3.05, 3.63) is 65.2 Å². The molecule has 162 valence electrons. The summed E-state index contributed by atoms with van der Waals surface area (Å²) in [5, 5.41) is 9.68. The van der Waals surface area contributed by atoms with Crippen molar-refractivity contribution in [1.82, 2.24) is 4.90 Å². The molecule has 0 radical (unpaired) electrons. The fraction of sp³-hybridized carbons (Fsp3) is 0.417. The maximum Gasteiger partial charge on any atom is 0.337 e. The fourth-order valence-corrected chi connectivity index (χ4v) is 3.23. The summed E-state index contributed by atoms with van der Waals surface area (Å²) in [7, 11) is 1.37. The number of aromatic hydroxyl groups is 1. The fourth-order valence-electron chi connectivity index (χ4n) is 3.23. The summed E-state index contributed by atoms with van der Waals surface area (Å²) >= 11 is 0. The molecule has 2 aromatic carbocycles. The Morgan fingerprint density at radius 3 is 2.43 bits per heavy atom. The Bertz CT molecular complexity index is 803. The third-order valence-corrected chi connectivity index (χ3v) is 4.82. The van der Waals surface area contributed by atoms with Crippen LogP contribution in [0.15, 0.2) is 48.5 Å². The second kappa shape index (κ2) is 12.6. The number of phenols is 1. The molecule has 0 aliphatic carbocycles. The summed E-state index contributed by atoms with van der Waals surface area (Å²) in [5.74, 6) is -0.227. The highest BCUT2D eigenvalue weighted by molar-refractivity contribution is 5.89. The first kappa shape index (κ1) is 23.4. The first-order valence-corrected chi connectivity index (χ1v) is 10.3. The standard InChI is InChI=1S/C24H31NO5/c1-3-30-23(27)9-4-5-15-25(16-14-19-7-6-8-22(26)17-19)18-20-10-12-21(13-11-20)24(28)29-2/h6-8,10-13,17,26H,3-5,9,14-16,18H2,1-2H3. The average molecular weight is 414 g/mol. The molecule has 30 heavy (non-hydrogen) atoms. The number of ether oxygens (including phenoxy) is 2. The van der Waals surface area contributed by atoms with Gasteiger partial charge >= 0.3 is 11.9 Å². The first-order valence-electron chi connectivity index (χ1n) is 10.3. The topological polar surface area (TPSA) is 76.1 Å². The maximum absolute atomic E-state index is 11.6. The van der Waals surface area contributed by atoms with Crippen LogP contribution in [0.2, 0.25) is 0 Å². The van der Waals surface area contributed by atoms with Crippen molar-refractivity contribution in [2.45, 2.75) is 39.2 Å². The molecule has 2 rings (SSSR count). The van der Waals surface area contributed by atoms with Gasteiger partial charge < -0.3 is 14.6 Å². The van der Waals surface area contributed by atoms with Crippen LogP contribution in [0.3, 0.4) is 0 Å². The molecule has 1 N–H and O–H groups in total. The molecule has 6 heteroatoms. The van der Waals surface area contributed by atoms with Gasteiger partial charge in [0.15, 0.2) is 0 Å². The van der Waals surface area contributed by atoms with Gasteiger partial charge in [-0.1, -0.05) is 24.3 Å². The minimum atomic E-state index is -0.346. The van der Waals surface area contributed by atoms with E-state index in [9.17, 15) is 14.7 Å². The smallest absolute Gasteiger partial charge is 0.337 e. The number of esters is 2. The molecular formula is C24H31NO5. The molecule has 0 fully saturated rings. The van der Waals surface area contributed by atoms with E-state index in [0.717, 1.165) is 50.0 Å². The molecule has 2 aromatic rings. The van der Waals surface area contributed by atoms with Crippen molar-refractivity contribution in [2.24, 2.45) is 0 Å². The Labute approximate surface area is 178 Å². The Morgan fingerprint density at radius 1 is 1.00 bits per heavy atom. The van der Waals surface area contributed by atoms with Crippen LogP contribution in [0.25, 0.3) is 0 Å². The normalized spacial score (nSPS) is 10.8. The zero-order chi connectivity index (χ0) is 21.8. The molecule has 0 aliphatic rings. The Hall–Kier alpha value is -2.86. The van der Waals surface area contributed by atoms with Gasteiger partial charge in [-0.05, 0) is 68.1 Å². The number of carbonyl (C=O) groups is 2. The monoisotopic (exact) mass is 413 g/mol. The first-order chi connectivity index (χ1) is 14.5. The predicted molar refractivity (Wildman–Crippen MR) is 115 cm³/mol. The number of hydrogen-bond donors (Lipinski definition) is 1. The summed E-state index contributed by atoms with van der Waals surface area (Å²) in [6.07, 6.45) is 2.91. The van der Waals surface area contributed by atoms with Gasteiger partial charge in [0.25, 0.3) is 0 Å². The van der Waals surface area contributed by atoms with E-state index in [1.54, 1.807) is 24.3 Å². The van der Waals surface area contributed by atoms with Gasteiger partial charge in [0.05, 0.1) is 19.3 Å². The van der Waals surface area contributed by atoms with Gasteiger partial charge in [0, 0.05) is 19.5 Å². The molecule has 0 spiro atoms. The predicted octanol–water partition coefficient (Wildman–Crippen LogP) is 3.96. The number of hydrogen-bond acceptors (Lipinski definition) is 6. The summed E-state index contributed by atoms with van der Waals surface area (Å²) < 4.78 is 9.74. The maximum atomic E-state index is 11.6. The van der Waals surface area contributed by atoms with Crippen LogP contribution in [0.5, 0.6) is 5.75 Å². The van der Waals surface area contributed by atoms with E-state index in [1.165, 1.54) is 7.11 Å². The van der Waals surface area contributed by atoms with E-state index < -0.39 is 0 Å². The lowest BCUT2D eigenvalue weighted by molar-refractivity contribution is -0.143. The van der Waals surface area contributed by atoms with Gasteiger partial charge in [0.2, 0.25) is 0 Å². The third kappa shape index (κ3) is 8.25. The van der Waals surface area contributed by atoms with E-state index in [4.69, 9.17) is 9.47 Å². The molecule has 0 heterocycles. The molecule has 0 bridgehead atoms. The number of carbonyl (C=O) groups excluding carboxylic acids is 2. The Kier molecular flexibility index (Phi) is 9.87. The molecule has 0 saturated heterocycles. The van der Waals surface area contributed by atoms with E-state index in [2.05, 4.69) is 4.90 Å². The molecule has 0 amide bonds. The number of rotatable bonds is 12. The van der Waals surface area contributed by atoms with E-state index >= 15 is 0 Å². The van der Waals surface area contributed by atoms with Gasteiger partial charge in [-0.25, -0.2) is 4.79 Å². The average Bonchev–Trinajstić information content (AvgIpc) is 2.75. The highest BCUT2D eigenvalue weighted by Crippen LogP contribution is 2.14. The number of unbranched alkanes of at least 4 members (excludes halogenated alkanes) is 1. The van der Waals surface area contributed by atoms with Crippen molar-refractivity contribution in [3.8, 4) is 5.75 Å². The lowest BCUT2D eigenvalue weighted by Crippen LogP contribution is -2.27. The number of nitrogens with zero attached hydrogens (tertiary/aromatic N) is 1. The molecule has 0 aromatic heterocycles. The molecule has 0 saturated carbocycles. The second-order valence-corrected chi connectivity index (χ2v) is 7.15. The molecule has 0 atom stereocenters. The van der Waals surface area contributed by atoms with Gasteiger partial charge in [-0.2, -0.15) is 0 Å². The molecule has 0 unspecified atom stereocenters. The highest BCUT2D eigenvalue weighted by atomic mass is 16.5. The lowest BCUT2D eigenvalue weighted by atomic mass is 10.1. The molecular weight excluding hydrogens is 382 g/mol. The highest BCUT2D eigenvalue weighted by Gasteiger charge is 2.10. The van der Waals surface area contributed by atoms with Crippen molar-refractivity contribution < 1.29 is 24.2 Å². The van der Waals surface area contributed by atoms with Crippen LogP contribution in [0.1, 0.15) is 47.7 Å². The number of methoxy groups -OCH3 is 1. The summed E-state index contributed by atoms with van der Waals surface area (Å²) in [6, 6.07) is 14.7. The van der Waals surface area contributed by atoms with Gasteiger partial charge in [0.1, 0.15) is 5.75 Å². The number of phenolic OH excluding ortho intramolecular Hbond substituents is 1. The van der Waals surface area contributed by atoms with Gasteiger partial charge in [-0.3, -0.25) is 9.69 Å². The molecule has 0 aliphatic heterocycles. The van der Waals surface area contributed by atoms with Crippen LogP contribution in [0, 0.1) is 0 Å². The summed E-state index contributed by atoms with van der Waals surface area (Å²) in [6.45, 7) is 4.63. The quantitative estimate of drug-likeness (QED) is 0.419. The van der Waals surface area contributed by atoms with E-state index in [-0.39, 0.29) is 17.7 Å². The van der Waals surface area contributed by atoms with Crippen molar-refractivity contribution in [3.63, 3.8) is 0 Å². The zero-order valence-electron chi connectivity index (χ0n) is 17.8. The van der Waals surface area contributed by atoms with Crippen LogP contribution in [0.4, 0.5) is 0 Å². The Morgan fingerprint density at radius 2 is 1.77 bits per heavy atom. The van der Waals surface area contributed by atoms with Crippen LogP contribution >= 0.6 is 0 Å². The lowest BCUT2D eigenvalue weighted by Gasteiger charge is -2.22.